The zero-order chi connectivity index (χ0) is 11.6. The van der Waals surface area contributed by atoms with Crippen LogP contribution >= 0.6 is 0 Å². The number of piperidine rings is 1. The van der Waals surface area contributed by atoms with Gasteiger partial charge in [0.25, 0.3) is 0 Å². The molecule has 0 aromatic carbocycles. The Bertz CT molecular complexity index is 156. The lowest BCUT2D eigenvalue weighted by atomic mass is 9.92. The van der Waals surface area contributed by atoms with Crippen LogP contribution in [0, 0.1) is 0 Å². The minimum atomic E-state index is 0.838. The van der Waals surface area contributed by atoms with E-state index in [9.17, 15) is 0 Å². The minimum absolute atomic E-state index is 0.838. The van der Waals surface area contributed by atoms with Gasteiger partial charge >= 0.3 is 0 Å². The maximum Gasteiger partial charge on any atom is 0.00696 e. The van der Waals surface area contributed by atoms with Crippen LogP contribution in [0.1, 0.15) is 84.5 Å². The van der Waals surface area contributed by atoms with Gasteiger partial charge in [-0.25, -0.2) is 0 Å². The van der Waals surface area contributed by atoms with Gasteiger partial charge in [-0.1, -0.05) is 58.8 Å². The van der Waals surface area contributed by atoms with Crippen molar-refractivity contribution in [3.05, 3.63) is 0 Å². The Labute approximate surface area is 102 Å². The smallest absolute Gasteiger partial charge is 0.00696 e. The van der Waals surface area contributed by atoms with Crippen molar-refractivity contribution < 1.29 is 0 Å². The van der Waals surface area contributed by atoms with E-state index in [1.165, 1.54) is 70.6 Å². The van der Waals surface area contributed by atoms with Gasteiger partial charge in [0.2, 0.25) is 0 Å². The van der Waals surface area contributed by atoms with E-state index in [1.54, 1.807) is 0 Å². The molecular weight excluding hydrogens is 194 g/mol. The molecular formula is C15H31N. The summed E-state index contributed by atoms with van der Waals surface area (Å²) in [5.74, 6) is 0. The van der Waals surface area contributed by atoms with Crippen LogP contribution in [0.15, 0.2) is 0 Å². The Morgan fingerprint density at radius 2 is 1.44 bits per heavy atom. The monoisotopic (exact) mass is 225 g/mol. The topological polar surface area (TPSA) is 12.0 Å². The first kappa shape index (κ1) is 14.0. The summed E-state index contributed by atoms with van der Waals surface area (Å²) in [6.07, 6.45) is 15.5. The molecule has 1 heterocycles. The SMILES string of the molecule is CCCCCC[C@@H]1CCC[C@H](CCCC)N1. The van der Waals surface area contributed by atoms with Crippen LogP contribution in [0.4, 0.5) is 0 Å². The summed E-state index contributed by atoms with van der Waals surface area (Å²) in [6.45, 7) is 4.59. The summed E-state index contributed by atoms with van der Waals surface area (Å²) in [6, 6.07) is 1.68. The molecule has 1 nitrogen and oxygen atoms in total. The van der Waals surface area contributed by atoms with Crippen LogP contribution < -0.4 is 5.32 Å². The zero-order valence-electron chi connectivity index (χ0n) is 11.4. The molecule has 0 aromatic heterocycles. The molecule has 1 rings (SSSR count). The molecule has 2 atom stereocenters. The molecule has 0 radical (unpaired) electrons. The van der Waals surface area contributed by atoms with E-state index >= 15 is 0 Å². The van der Waals surface area contributed by atoms with Crippen molar-refractivity contribution in [2.45, 2.75) is 96.6 Å². The quantitative estimate of drug-likeness (QED) is 0.593. The fourth-order valence-electron chi connectivity index (χ4n) is 2.83. The summed E-state index contributed by atoms with van der Waals surface area (Å²) in [4.78, 5) is 0. The highest BCUT2D eigenvalue weighted by molar-refractivity contribution is 4.80. The molecule has 1 N–H and O–H groups in total. The maximum absolute atomic E-state index is 3.87. The molecule has 1 aliphatic heterocycles. The Morgan fingerprint density at radius 3 is 2.06 bits per heavy atom. The number of hydrogen-bond donors (Lipinski definition) is 1. The van der Waals surface area contributed by atoms with E-state index in [-0.39, 0.29) is 0 Å². The summed E-state index contributed by atoms with van der Waals surface area (Å²) < 4.78 is 0. The second-order valence-electron chi connectivity index (χ2n) is 5.48. The van der Waals surface area contributed by atoms with Crippen molar-refractivity contribution in [2.75, 3.05) is 0 Å². The van der Waals surface area contributed by atoms with E-state index in [1.807, 2.05) is 0 Å². The van der Waals surface area contributed by atoms with Gasteiger partial charge in [-0.3, -0.25) is 0 Å². The van der Waals surface area contributed by atoms with Gasteiger partial charge in [0, 0.05) is 12.1 Å². The van der Waals surface area contributed by atoms with E-state index in [0.717, 1.165) is 12.1 Å². The number of nitrogens with one attached hydrogen (secondary N) is 1. The zero-order valence-corrected chi connectivity index (χ0v) is 11.4. The van der Waals surface area contributed by atoms with Crippen LogP contribution in [-0.2, 0) is 0 Å². The molecule has 0 aromatic rings. The summed E-state index contributed by atoms with van der Waals surface area (Å²) in [5, 5.41) is 3.87. The third kappa shape index (κ3) is 5.89. The number of unbranched alkanes of at least 4 members (excludes halogenated alkanes) is 4. The van der Waals surface area contributed by atoms with Gasteiger partial charge in [0.1, 0.15) is 0 Å². The van der Waals surface area contributed by atoms with Crippen molar-refractivity contribution in [1.29, 1.82) is 0 Å². The van der Waals surface area contributed by atoms with Gasteiger partial charge < -0.3 is 5.32 Å². The Balaban J connectivity index is 2.07. The molecule has 0 spiro atoms. The molecule has 16 heavy (non-hydrogen) atoms. The predicted molar refractivity (Wildman–Crippen MR) is 72.8 cm³/mol. The second kappa shape index (κ2) is 9.04. The van der Waals surface area contributed by atoms with Crippen LogP contribution in [-0.4, -0.2) is 12.1 Å². The maximum atomic E-state index is 3.87. The van der Waals surface area contributed by atoms with Gasteiger partial charge in [0.15, 0.2) is 0 Å². The van der Waals surface area contributed by atoms with E-state index < -0.39 is 0 Å². The Morgan fingerprint density at radius 1 is 0.812 bits per heavy atom. The van der Waals surface area contributed by atoms with Crippen molar-refractivity contribution in [3.63, 3.8) is 0 Å². The lowest BCUT2D eigenvalue weighted by molar-refractivity contribution is 0.287. The average molecular weight is 225 g/mol. The fraction of sp³-hybridized carbons (Fsp3) is 1.00. The van der Waals surface area contributed by atoms with Gasteiger partial charge in [-0.05, 0) is 25.7 Å². The van der Waals surface area contributed by atoms with Gasteiger partial charge in [-0.15, -0.1) is 0 Å². The highest BCUT2D eigenvalue weighted by Gasteiger charge is 2.19. The number of hydrogen-bond acceptors (Lipinski definition) is 1. The molecule has 0 bridgehead atoms. The lowest BCUT2D eigenvalue weighted by Gasteiger charge is -2.31. The van der Waals surface area contributed by atoms with Crippen molar-refractivity contribution in [1.82, 2.24) is 5.32 Å². The largest absolute Gasteiger partial charge is 0.311 e. The Hall–Kier alpha value is -0.0400. The van der Waals surface area contributed by atoms with Crippen LogP contribution in [0.2, 0.25) is 0 Å². The molecule has 1 aliphatic rings. The summed E-state index contributed by atoms with van der Waals surface area (Å²) in [7, 11) is 0. The predicted octanol–water partition coefficient (Wildman–Crippen LogP) is 4.66. The van der Waals surface area contributed by atoms with E-state index in [0.29, 0.717) is 0 Å². The highest BCUT2D eigenvalue weighted by atomic mass is 15.0. The highest BCUT2D eigenvalue weighted by Crippen LogP contribution is 2.20. The minimum Gasteiger partial charge on any atom is -0.311 e. The van der Waals surface area contributed by atoms with Gasteiger partial charge in [0.05, 0.1) is 0 Å². The van der Waals surface area contributed by atoms with Crippen LogP contribution in [0.25, 0.3) is 0 Å². The molecule has 0 aliphatic carbocycles. The molecule has 1 fully saturated rings. The summed E-state index contributed by atoms with van der Waals surface area (Å²) in [5.41, 5.74) is 0. The van der Waals surface area contributed by atoms with Gasteiger partial charge in [-0.2, -0.15) is 0 Å². The lowest BCUT2D eigenvalue weighted by Crippen LogP contribution is -2.42. The standard InChI is InChI=1S/C15H31N/c1-3-5-7-8-11-15-13-9-12-14(16-15)10-6-4-2/h14-16H,3-13H2,1-2H3/t14-,15+/m0/s1. The van der Waals surface area contributed by atoms with Crippen LogP contribution in [0.3, 0.4) is 0 Å². The van der Waals surface area contributed by atoms with Crippen molar-refractivity contribution in [3.8, 4) is 0 Å². The first-order chi connectivity index (χ1) is 7.86. The third-order valence-electron chi connectivity index (χ3n) is 3.89. The number of rotatable bonds is 8. The molecule has 1 heteroatoms. The average Bonchev–Trinajstić information content (AvgIpc) is 2.33. The third-order valence-corrected chi connectivity index (χ3v) is 3.89. The van der Waals surface area contributed by atoms with Crippen molar-refractivity contribution in [2.24, 2.45) is 0 Å². The first-order valence-corrected chi connectivity index (χ1v) is 7.62. The van der Waals surface area contributed by atoms with Crippen molar-refractivity contribution >= 4 is 0 Å². The normalized spacial score (nSPS) is 25.9. The van der Waals surface area contributed by atoms with E-state index in [4.69, 9.17) is 0 Å². The molecule has 96 valence electrons. The molecule has 0 amide bonds. The molecule has 0 unspecified atom stereocenters. The Kier molecular flexibility index (Phi) is 7.92. The first-order valence-electron chi connectivity index (χ1n) is 7.62. The molecule has 1 saturated heterocycles. The second-order valence-corrected chi connectivity index (χ2v) is 5.48. The van der Waals surface area contributed by atoms with E-state index in [2.05, 4.69) is 19.2 Å². The molecule has 0 saturated carbocycles. The fourth-order valence-corrected chi connectivity index (χ4v) is 2.83. The summed E-state index contributed by atoms with van der Waals surface area (Å²) >= 11 is 0. The van der Waals surface area contributed by atoms with Crippen LogP contribution in [0.5, 0.6) is 0 Å².